The number of hydrogen-bond donors (Lipinski definition) is 3. The van der Waals surface area contributed by atoms with Crippen LogP contribution in [-0.2, 0) is 0 Å². The molecule has 1 aliphatic carbocycles. The van der Waals surface area contributed by atoms with Gasteiger partial charge in [-0.05, 0) is 19.3 Å². The Morgan fingerprint density at radius 1 is 1.80 bits per heavy atom. The zero-order valence-corrected chi connectivity index (χ0v) is 6.09. The van der Waals surface area contributed by atoms with Crippen molar-refractivity contribution in [2.24, 2.45) is 10.7 Å². The van der Waals surface area contributed by atoms with Crippen molar-refractivity contribution >= 4 is 5.96 Å². The monoisotopic (exact) mass is 143 g/mol. The van der Waals surface area contributed by atoms with E-state index in [0.29, 0.717) is 0 Å². The van der Waals surface area contributed by atoms with Gasteiger partial charge in [0.2, 0.25) is 5.96 Å². The quantitative estimate of drug-likeness (QED) is 0.294. The molecule has 0 aromatic heterocycles. The molecule has 0 aliphatic heterocycles. The normalized spacial score (nSPS) is 22.4. The van der Waals surface area contributed by atoms with Crippen LogP contribution in [0.3, 0.4) is 0 Å². The number of guanidine groups is 1. The summed E-state index contributed by atoms with van der Waals surface area (Å²) in [4.78, 5) is 4.09. The maximum atomic E-state index is 8.32. The van der Waals surface area contributed by atoms with Crippen LogP contribution < -0.4 is 11.2 Å². The van der Waals surface area contributed by atoms with Gasteiger partial charge in [0.1, 0.15) is 0 Å². The van der Waals surface area contributed by atoms with Crippen LogP contribution in [0.25, 0.3) is 0 Å². The Morgan fingerprint density at radius 3 is 2.70 bits per heavy atom. The molecule has 0 radical (unpaired) electrons. The van der Waals surface area contributed by atoms with Gasteiger partial charge in [-0.3, -0.25) is 5.21 Å². The molecule has 0 aromatic rings. The molecule has 1 aliphatic rings. The molecule has 0 amide bonds. The molecule has 0 bridgehead atoms. The van der Waals surface area contributed by atoms with Crippen molar-refractivity contribution in [2.75, 3.05) is 0 Å². The van der Waals surface area contributed by atoms with Crippen molar-refractivity contribution in [3.05, 3.63) is 0 Å². The van der Waals surface area contributed by atoms with Crippen LogP contribution in [0.15, 0.2) is 4.99 Å². The molecular weight excluding hydrogens is 130 g/mol. The van der Waals surface area contributed by atoms with Gasteiger partial charge in [0.25, 0.3) is 0 Å². The van der Waals surface area contributed by atoms with E-state index in [1.807, 2.05) is 5.48 Å². The third-order valence-electron chi connectivity index (χ3n) is 1.96. The summed E-state index contributed by atoms with van der Waals surface area (Å²) in [6.45, 7) is 2.07. The molecule has 1 rings (SSSR count). The Morgan fingerprint density at radius 2 is 2.40 bits per heavy atom. The van der Waals surface area contributed by atoms with Crippen molar-refractivity contribution in [3.63, 3.8) is 0 Å². The summed E-state index contributed by atoms with van der Waals surface area (Å²) < 4.78 is 0. The first-order valence-corrected chi connectivity index (χ1v) is 3.48. The Labute approximate surface area is 60.1 Å². The highest BCUT2D eigenvalue weighted by Gasteiger charge is 2.40. The van der Waals surface area contributed by atoms with E-state index in [9.17, 15) is 0 Å². The van der Waals surface area contributed by atoms with Crippen LogP contribution in [0, 0.1) is 0 Å². The Balaban J connectivity index is 2.50. The van der Waals surface area contributed by atoms with Crippen LogP contribution in [0.2, 0.25) is 0 Å². The number of hydrogen-bond acceptors (Lipinski definition) is 2. The first kappa shape index (κ1) is 7.34. The second-order valence-electron chi connectivity index (χ2n) is 2.69. The van der Waals surface area contributed by atoms with E-state index in [0.717, 1.165) is 19.3 Å². The van der Waals surface area contributed by atoms with Gasteiger partial charge < -0.3 is 5.73 Å². The molecule has 0 saturated heterocycles. The SMILES string of the molecule is CCC1(N=C(N)NO)CC1. The molecule has 4 heteroatoms. The van der Waals surface area contributed by atoms with Crippen molar-refractivity contribution in [1.82, 2.24) is 5.48 Å². The summed E-state index contributed by atoms with van der Waals surface area (Å²) in [5.41, 5.74) is 7.14. The van der Waals surface area contributed by atoms with Gasteiger partial charge in [-0.1, -0.05) is 6.92 Å². The predicted molar refractivity (Wildman–Crippen MR) is 38.8 cm³/mol. The van der Waals surface area contributed by atoms with Gasteiger partial charge in [0.15, 0.2) is 0 Å². The van der Waals surface area contributed by atoms with E-state index in [1.165, 1.54) is 0 Å². The molecular formula is C6H13N3O. The van der Waals surface area contributed by atoms with Gasteiger partial charge in [-0.2, -0.15) is 0 Å². The van der Waals surface area contributed by atoms with Gasteiger partial charge in [-0.25, -0.2) is 10.5 Å². The largest absolute Gasteiger partial charge is 0.368 e. The second-order valence-corrected chi connectivity index (χ2v) is 2.69. The number of aliphatic imine (C=N–C) groups is 1. The first-order valence-electron chi connectivity index (χ1n) is 3.48. The van der Waals surface area contributed by atoms with Gasteiger partial charge in [0.05, 0.1) is 5.54 Å². The average molecular weight is 143 g/mol. The number of rotatable bonds is 2. The Kier molecular flexibility index (Phi) is 1.80. The fourth-order valence-corrected chi connectivity index (χ4v) is 0.969. The standard InChI is InChI=1S/C6H13N3O/c1-2-6(3-4-6)8-5(7)9-10/h10H,2-4H2,1H3,(H3,7,8,9). The fraction of sp³-hybridized carbons (Fsp3) is 0.833. The van der Waals surface area contributed by atoms with Gasteiger partial charge in [-0.15, -0.1) is 0 Å². The molecule has 4 nitrogen and oxygen atoms in total. The van der Waals surface area contributed by atoms with Crippen LogP contribution in [0.5, 0.6) is 0 Å². The highest BCUT2D eigenvalue weighted by molar-refractivity contribution is 5.77. The van der Waals surface area contributed by atoms with E-state index >= 15 is 0 Å². The summed E-state index contributed by atoms with van der Waals surface area (Å²) in [6.07, 6.45) is 3.17. The lowest BCUT2D eigenvalue weighted by Crippen LogP contribution is -2.30. The molecule has 1 fully saturated rings. The number of nitrogens with one attached hydrogen (secondary N) is 1. The number of hydroxylamine groups is 1. The van der Waals surface area contributed by atoms with E-state index in [1.54, 1.807) is 0 Å². The van der Waals surface area contributed by atoms with Crippen molar-refractivity contribution in [1.29, 1.82) is 0 Å². The maximum absolute atomic E-state index is 8.32. The Hall–Kier alpha value is -0.770. The van der Waals surface area contributed by atoms with Gasteiger partial charge >= 0.3 is 0 Å². The minimum atomic E-state index is 0.0554. The molecule has 4 N–H and O–H groups in total. The van der Waals surface area contributed by atoms with Crippen LogP contribution >= 0.6 is 0 Å². The third-order valence-corrected chi connectivity index (χ3v) is 1.96. The molecule has 0 spiro atoms. The van der Waals surface area contributed by atoms with E-state index in [4.69, 9.17) is 10.9 Å². The minimum Gasteiger partial charge on any atom is -0.368 e. The topological polar surface area (TPSA) is 70.6 Å². The summed E-state index contributed by atoms with van der Waals surface area (Å²) >= 11 is 0. The third kappa shape index (κ3) is 1.39. The molecule has 0 atom stereocenters. The fourth-order valence-electron chi connectivity index (χ4n) is 0.969. The lowest BCUT2D eigenvalue weighted by Gasteiger charge is -2.06. The lowest BCUT2D eigenvalue weighted by molar-refractivity contribution is 0.231. The molecule has 0 unspecified atom stereocenters. The average Bonchev–Trinajstić information content (AvgIpc) is 2.70. The zero-order valence-electron chi connectivity index (χ0n) is 6.09. The van der Waals surface area contributed by atoms with Crippen molar-refractivity contribution < 1.29 is 5.21 Å². The molecule has 10 heavy (non-hydrogen) atoms. The van der Waals surface area contributed by atoms with E-state index in [-0.39, 0.29) is 11.5 Å². The number of nitrogens with two attached hydrogens (primary N) is 1. The molecule has 1 saturated carbocycles. The van der Waals surface area contributed by atoms with Crippen LogP contribution in [0.4, 0.5) is 0 Å². The van der Waals surface area contributed by atoms with Crippen molar-refractivity contribution in [3.8, 4) is 0 Å². The van der Waals surface area contributed by atoms with Crippen molar-refractivity contribution in [2.45, 2.75) is 31.7 Å². The Bertz CT molecular complexity index is 151. The molecule has 58 valence electrons. The first-order chi connectivity index (χ1) is 4.72. The zero-order chi connectivity index (χ0) is 7.61. The number of nitrogens with zero attached hydrogens (tertiary/aromatic N) is 1. The summed E-state index contributed by atoms with van der Waals surface area (Å²) in [7, 11) is 0. The van der Waals surface area contributed by atoms with Crippen LogP contribution in [0.1, 0.15) is 26.2 Å². The molecule has 0 aromatic carbocycles. The minimum absolute atomic E-state index is 0.0554. The van der Waals surface area contributed by atoms with E-state index in [2.05, 4.69) is 11.9 Å². The lowest BCUT2D eigenvalue weighted by atomic mass is 10.2. The smallest absolute Gasteiger partial charge is 0.213 e. The van der Waals surface area contributed by atoms with Crippen LogP contribution in [-0.4, -0.2) is 16.7 Å². The van der Waals surface area contributed by atoms with Gasteiger partial charge in [0, 0.05) is 0 Å². The highest BCUT2D eigenvalue weighted by atomic mass is 16.5. The summed E-state index contributed by atoms with van der Waals surface area (Å²) in [6, 6.07) is 0. The molecule has 0 heterocycles. The second kappa shape index (κ2) is 2.46. The maximum Gasteiger partial charge on any atom is 0.213 e. The predicted octanol–water partition coefficient (Wildman–Crippen LogP) is 0.223. The van der Waals surface area contributed by atoms with E-state index < -0.39 is 0 Å². The summed E-state index contributed by atoms with van der Waals surface area (Å²) in [5.74, 6) is 0.124. The highest BCUT2D eigenvalue weighted by Crippen LogP contribution is 2.42. The summed E-state index contributed by atoms with van der Waals surface area (Å²) in [5, 5.41) is 8.32.